The highest BCUT2D eigenvalue weighted by atomic mass is 32.1. The molecule has 4 heterocycles. The molecule has 9 nitrogen and oxygen atoms in total. The second kappa shape index (κ2) is 8.39. The Balaban J connectivity index is 1.53. The summed E-state index contributed by atoms with van der Waals surface area (Å²) in [6, 6.07) is 0. The van der Waals surface area contributed by atoms with Crippen LogP contribution in [0, 0.1) is 6.92 Å². The topological polar surface area (TPSA) is 108 Å². The number of morpholine rings is 1. The van der Waals surface area contributed by atoms with Gasteiger partial charge in [0.15, 0.2) is 5.82 Å². The van der Waals surface area contributed by atoms with Gasteiger partial charge in [0, 0.05) is 50.7 Å². The maximum absolute atomic E-state index is 12.0. The SMILES string of the molecule is Cc1c(CN2CCN(C(=O)[C@H](C)O)CC2)sc2c(N3CCOCC3)nc(N)nc12. The molecule has 0 aliphatic carbocycles. The van der Waals surface area contributed by atoms with Crippen molar-refractivity contribution in [1.29, 1.82) is 0 Å². The average Bonchev–Trinajstić information content (AvgIpc) is 3.03. The van der Waals surface area contributed by atoms with Crippen LogP contribution in [0.3, 0.4) is 0 Å². The lowest BCUT2D eigenvalue weighted by atomic mass is 10.2. The van der Waals surface area contributed by atoms with Gasteiger partial charge in [0.05, 0.1) is 23.4 Å². The van der Waals surface area contributed by atoms with Crippen molar-refractivity contribution in [2.24, 2.45) is 0 Å². The normalized spacial score (nSPS) is 19.7. The molecule has 2 saturated heterocycles. The number of nitrogens with two attached hydrogens (primary N) is 1. The number of hydrogen-bond acceptors (Lipinski definition) is 9. The summed E-state index contributed by atoms with van der Waals surface area (Å²) in [4.78, 5) is 28.6. The number of carbonyl (C=O) groups is 1. The second-order valence-corrected chi connectivity index (χ2v) is 8.72. The van der Waals surface area contributed by atoms with Crippen LogP contribution in [-0.4, -0.2) is 89.4 Å². The molecule has 158 valence electrons. The molecule has 10 heteroatoms. The number of hydrogen-bond donors (Lipinski definition) is 2. The molecule has 4 rings (SSSR count). The Morgan fingerprint density at radius 2 is 1.90 bits per heavy atom. The van der Waals surface area contributed by atoms with Crippen molar-refractivity contribution in [3.63, 3.8) is 0 Å². The maximum atomic E-state index is 12.0. The summed E-state index contributed by atoms with van der Waals surface area (Å²) in [6.45, 7) is 10.3. The number of thiophene rings is 1. The lowest BCUT2D eigenvalue weighted by Crippen LogP contribution is -2.50. The highest BCUT2D eigenvalue weighted by Gasteiger charge is 2.26. The molecule has 29 heavy (non-hydrogen) atoms. The molecule has 2 aromatic rings. The average molecular weight is 421 g/mol. The summed E-state index contributed by atoms with van der Waals surface area (Å²) in [5.74, 6) is 1.02. The third-order valence-corrected chi connectivity index (χ3v) is 6.84. The highest BCUT2D eigenvalue weighted by Crippen LogP contribution is 2.37. The number of aryl methyl sites for hydroxylation is 1. The fraction of sp³-hybridized carbons (Fsp3) is 0.632. The molecular weight excluding hydrogens is 392 g/mol. The van der Waals surface area contributed by atoms with Crippen molar-refractivity contribution < 1.29 is 14.6 Å². The Bertz CT molecular complexity index is 888. The number of ether oxygens (including phenoxy) is 1. The molecule has 0 unspecified atom stereocenters. The number of piperazine rings is 1. The van der Waals surface area contributed by atoms with Gasteiger partial charge < -0.3 is 25.4 Å². The number of aliphatic hydroxyl groups excluding tert-OH is 1. The summed E-state index contributed by atoms with van der Waals surface area (Å²) in [5.41, 5.74) is 8.10. The van der Waals surface area contributed by atoms with E-state index in [9.17, 15) is 9.90 Å². The van der Waals surface area contributed by atoms with E-state index >= 15 is 0 Å². The molecule has 0 radical (unpaired) electrons. The zero-order valence-electron chi connectivity index (χ0n) is 16.9. The third-order valence-electron chi connectivity index (χ3n) is 5.58. The first-order chi connectivity index (χ1) is 13.9. The van der Waals surface area contributed by atoms with Crippen LogP contribution in [0.4, 0.5) is 11.8 Å². The Hall–Kier alpha value is -2.01. The first-order valence-electron chi connectivity index (χ1n) is 10.0. The van der Waals surface area contributed by atoms with E-state index < -0.39 is 6.10 Å². The van der Waals surface area contributed by atoms with Gasteiger partial charge in [0.25, 0.3) is 5.91 Å². The lowest BCUT2D eigenvalue weighted by molar-refractivity contribution is -0.141. The van der Waals surface area contributed by atoms with Crippen LogP contribution in [0.15, 0.2) is 0 Å². The zero-order chi connectivity index (χ0) is 20.5. The fourth-order valence-corrected chi connectivity index (χ4v) is 5.17. The van der Waals surface area contributed by atoms with Crippen molar-refractivity contribution >= 4 is 39.2 Å². The van der Waals surface area contributed by atoms with Gasteiger partial charge in [0.2, 0.25) is 5.95 Å². The van der Waals surface area contributed by atoms with Crippen LogP contribution < -0.4 is 10.6 Å². The predicted octanol–water partition coefficient (Wildman–Crippen LogP) is 0.444. The molecule has 0 spiro atoms. The molecule has 3 N–H and O–H groups in total. The van der Waals surface area contributed by atoms with Gasteiger partial charge in [-0.05, 0) is 19.4 Å². The minimum atomic E-state index is -0.936. The van der Waals surface area contributed by atoms with E-state index in [4.69, 9.17) is 10.5 Å². The number of aromatic nitrogens is 2. The number of fused-ring (bicyclic) bond motifs is 1. The minimum absolute atomic E-state index is 0.191. The van der Waals surface area contributed by atoms with Crippen molar-refractivity contribution in [2.45, 2.75) is 26.5 Å². The van der Waals surface area contributed by atoms with E-state index in [2.05, 4.69) is 26.7 Å². The van der Waals surface area contributed by atoms with E-state index in [1.54, 1.807) is 16.2 Å². The fourth-order valence-electron chi connectivity index (χ4n) is 3.87. The number of rotatable bonds is 4. The molecule has 0 bridgehead atoms. The summed E-state index contributed by atoms with van der Waals surface area (Å²) in [7, 11) is 0. The van der Waals surface area contributed by atoms with Gasteiger partial charge in [-0.15, -0.1) is 11.3 Å². The monoisotopic (exact) mass is 420 g/mol. The Morgan fingerprint density at radius 1 is 1.21 bits per heavy atom. The number of nitrogen functional groups attached to an aromatic ring is 1. The Kier molecular flexibility index (Phi) is 5.86. The van der Waals surface area contributed by atoms with Gasteiger partial charge in [-0.2, -0.15) is 4.98 Å². The van der Waals surface area contributed by atoms with E-state index in [0.717, 1.165) is 54.3 Å². The second-order valence-electron chi connectivity index (χ2n) is 7.61. The van der Waals surface area contributed by atoms with E-state index in [-0.39, 0.29) is 5.91 Å². The van der Waals surface area contributed by atoms with Crippen LogP contribution in [0.25, 0.3) is 10.2 Å². The number of carbonyl (C=O) groups excluding carboxylic acids is 1. The van der Waals surface area contributed by atoms with E-state index in [1.807, 2.05) is 0 Å². The van der Waals surface area contributed by atoms with Gasteiger partial charge in [-0.25, -0.2) is 4.98 Å². The summed E-state index contributed by atoms with van der Waals surface area (Å²) in [6.07, 6.45) is -0.936. The van der Waals surface area contributed by atoms with Crippen molar-refractivity contribution in [1.82, 2.24) is 19.8 Å². The van der Waals surface area contributed by atoms with Crippen LogP contribution >= 0.6 is 11.3 Å². The van der Waals surface area contributed by atoms with Crippen molar-refractivity contribution in [2.75, 3.05) is 63.1 Å². The van der Waals surface area contributed by atoms with Crippen LogP contribution in [-0.2, 0) is 16.1 Å². The maximum Gasteiger partial charge on any atom is 0.251 e. The molecule has 1 amide bonds. The standard InChI is InChI=1S/C19H28N6O3S/c1-12-14(11-23-3-5-25(6-4-23)18(27)13(2)26)29-16-15(12)21-19(20)22-17(16)24-7-9-28-10-8-24/h13,26H,3-11H2,1-2H3,(H2,20,21,22)/t13-/m0/s1. The number of anilines is 2. The summed E-state index contributed by atoms with van der Waals surface area (Å²) in [5, 5.41) is 9.51. The quantitative estimate of drug-likeness (QED) is 0.734. The third kappa shape index (κ3) is 4.16. The molecule has 1 atom stereocenters. The number of nitrogens with zero attached hydrogens (tertiary/aromatic N) is 5. The lowest BCUT2D eigenvalue weighted by Gasteiger charge is -2.35. The summed E-state index contributed by atoms with van der Waals surface area (Å²) < 4.78 is 6.55. The molecule has 0 aromatic carbocycles. The molecule has 2 fully saturated rings. The molecule has 2 aliphatic heterocycles. The number of amides is 1. The van der Waals surface area contributed by atoms with Gasteiger partial charge in [0.1, 0.15) is 6.10 Å². The molecule has 2 aliphatic rings. The minimum Gasteiger partial charge on any atom is -0.384 e. The number of aliphatic hydroxyl groups is 1. The summed E-state index contributed by atoms with van der Waals surface area (Å²) >= 11 is 1.73. The molecular formula is C19H28N6O3S. The van der Waals surface area contributed by atoms with Crippen LogP contribution in [0.1, 0.15) is 17.4 Å². The van der Waals surface area contributed by atoms with Crippen molar-refractivity contribution in [3.05, 3.63) is 10.4 Å². The van der Waals surface area contributed by atoms with Crippen molar-refractivity contribution in [3.8, 4) is 0 Å². The first-order valence-corrected chi connectivity index (χ1v) is 10.8. The highest BCUT2D eigenvalue weighted by molar-refractivity contribution is 7.19. The smallest absolute Gasteiger partial charge is 0.251 e. The molecule has 2 aromatic heterocycles. The Morgan fingerprint density at radius 3 is 2.55 bits per heavy atom. The first kappa shape index (κ1) is 20.3. The van der Waals surface area contributed by atoms with Gasteiger partial charge in [-0.3, -0.25) is 9.69 Å². The van der Waals surface area contributed by atoms with Gasteiger partial charge in [-0.1, -0.05) is 0 Å². The molecule has 0 saturated carbocycles. The van der Waals surface area contributed by atoms with E-state index in [0.29, 0.717) is 32.3 Å². The van der Waals surface area contributed by atoms with Gasteiger partial charge >= 0.3 is 0 Å². The van der Waals surface area contributed by atoms with Crippen LogP contribution in [0.2, 0.25) is 0 Å². The Labute approximate surface area is 174 Å². The van der Waals surface area contributed by atoms with Crippen LogP contribution in [0.5, 0.6) is 0 Å². The largest absolute Gasteiger partial charge is 0.384 e. The zero-order valence-corrected chi connectivity index (χ0v) is 17.7. The van der Waals surface area contributed by atoms with E-state index in [1.165, 1.54) is 11.8 Å². The predicted molar refractivity (Wildman–Crippen MR) is 113 cm³/mol.